The van der Waals surface area contributed by atoms with Crippen LogP contribution in [0.2, 0.25) is 0 Å². The molecule has 0 spiro atoms. The average molecular weight is 365 g/mol. The lowest BCUT2D eigenvalue weighted by atomic mass is 10.1. The number of primary amides is 1. The van der Waals surface area contributed by atoms with Gasteiger partial charge in [-0.2, -0.15) is 4.57 Å². The predicted octanol–water partition coefficient (Wildman–Crippen LogP) is -1.64. The Kier molecular flexibility index (Phi) is 6.72. The van der Waals surface area contributed by atoms with Crippen molar-refractivity contribution in [3.63, 3.8) is 0 Å². The molecule has 0 unspecified atom stereocenters. The molecule has 0 aliphatic carbocycles. The van der Waals surface area contributed by atoms with Crippen LogP contribution in [0, 0.1) is 0 Å². The molecule has 0 saturated heterocycles. The van der Waals surface area contributed by atoms with Crippen molar-refractivity contribution in [2.75, 3.05) is 6.61 Å². The van der Waals surface area contributed by atoms with Crippen molar-refractivity contribution < 1.29 is 35.9 Å². The fourth-order valence-corrected chi connectivity index (χ4v) is 1.93. The van der Waals surface area contributed by atoms with Gasteiger partial charge in [0.15, 0.2) is 12.4 Å². The summed E-state index contributed by atoms with van der Waals surface area (Å²) in [5.74, 6) is 0.167. The summed E-state index contributed by atoms with van der Waals surface area (Å²) in [6.45, 7) is 2.64. The number of halogens is 1. The SMILES string of the molecule is CCOc1ccc(C(=O)C[n+]2cccc(C(N)=O)c2)cc1.[Br-]. The van der Waals surface area contributed by atoms with Crippen LogP contribution in [0.3, 0.4) is 0 Å². The van der Waals surface area contributed by atoms with Gasteiger partial charge < -0.3 is 27.5 Å². The number of ether oxygens (including phenoxy) is 1. The van der Waals surface area contributed by atoms with E-state index in [1.54, 1.807) is 53.4 Å². The van der Waals surface area contributed by atoms with E-state index in [0.29, 0.717) is 17.7 Å². The molecule has 0 bridgehead atoms. The van der Waals surface area contributed by atoms with Gasteiger partial charge in [-0.1, -0.05) is 0 Å². The largest absolute Gasteiger partial charge is 1.00 e. The summed E-state index contributed by atoms with van der Waals surface area (Å²) >= 11 is 0. The summed E-state index contributed by atoms with van der Waals surface area (Å²) in [6.07, 6.45) is 3.29. The molecule has 5 nitrogen and oxygen atoms in total. The Morgan fingerprint density at radius 1 is 1.14 bits per heavy atom. The fourth-order valence-electron chi connectivity index (χ4n) is 1.93. The third-order valence-corrected chi connectivity index (χ3v) is 2.96. The van der Waals surface area contributed by atoms with E-state index in [-0.39, 0.29) is 29.3 Å². The summed E-state index contributed by atoms with van der Waals surface area (Å²) < 4.78 is 6.97. The Morgan fingerprint density at radius 2 is 1.82 bits per heavy atom. The van der Waals surface area contributed by atoms with Gasteiger partial charge in [0.2, 0.25) is 12.3 Å². The number of rotatable bonds is 6. The average Bonchev–Trinajstić information content (AvgIpc) is 2.48. The van der Waals surface area contributed by atoms with Crippen molar-refractivity contribution in [2.24, 2.45) is 5.73 Å². The van der Waals surface area contributed by atoms with Gasteiger partial charge in [0, 0.05) is 11.6 Å². The second-order valence-electron chi connectivity index (χ2n) is 4.51. The molecule has 1 aromatic heterocycles. The molecule has 1 heterocycles. The number of hydrogen-bond donors (Lipinski definition) is 1. The van der Waals surface area contributed by atoms with E-state index in [4.69, 9.17) is 10.5 Å². The summed E-state index contributed by atoms with van der Waals surface area (Å²) in [6, 6.07) is 10.3. The lowest BCUT2D eigenvalue weighted by Gasteiger charge is -2.03. The van der Waals surface area contributed by atoms with Crippen LogP contribution in [-0.2, 0) is 6.54 Å². The topological polar surface area (TPSA) is 73.3 Å². The number of carbonyl (C=O) groups is 2. The normalized spacial score (nSPS) is 9.68. The number of Topliss-reactive ketones (excluding diaryl/α,β-unsaturated/α-hetero) is 1. The van der Waals surface area contributed by atoms with E-state index in [2.05, 4.69) is 0 Å². The zero-order chi connectivity index (χ0) is 15.2. The second-order valence-corrected chi connectivity index (χ2v) is 4.51. The smallest absolute Gasteiger partial charge is 0.254 e. The number of pyridine rings is 1. The summed E-state index contributed by atoms with van der Waals surface area (Å²) in [4.78, 5) is 23.3. The number of amides is 1. The quantitative estimate of drug-likeness (QED) is 0.493. The Balaban J connectivity index is 0.00000242. The molecule has 0 radical (unpaired) electrons. The van der Waals surface area contributed by atoms with E-state index < -0.39 is 5.91 Å². The fraction of sp³-hybridized carbons (Fsp3) is 0.188. The maximum atomic E-state index is 12.2. The highest BCUT2D eigenvalue weighted by molar-refractivity contribution is 5.95. The number of nitrogens with zero attached hydrogens (tertiary/aromatic N) is 1. The van der Waals surface area contributed by atoms with Gasteiger partial charge in [-0.3, -0.25) is 9.59 Å². The maximum absolute atomic E-state index is 12.2. The number of ketones is 1. The lowest BCUT2D eigenvalue weighted by molar-refractivity contribution is -0.683. The molecule has 0 saturated carbocycles. The lowest BCUT2D eigenvalue weighted by Crippen LogP contribution is -3.00. The highest BCUT2D eigenvalue weighted by Gasteiger charge is 2.14. The Labute approximate surface area is 139 Å². The third kappa shape index (κ3) is 4.66. The van der Waals surface area contributed by atoms with Crippen LogP contribution in [0.4, 0.5) is 0 Å². The molecular formula is C16H17BrN2O3. The van der Waals surface area contributed by atoms with E-state index >= 15 is 0 Å². The number of nitrogens with two attached hydrogens (primary N) is 1. The van der Waals surface area contributed by atoms with Gasteiger partial charge in [0.1, 0.15) is 11.3 Å². The monoisotopic (exact) mass is 364 g/mol. The number of aromatic nitrogens is 1. The van der Waals surface area contributed by atoms with E-state index in [0.717, 1.165) is 5.75 Å². The second kappa shape index (κ2) is 8.29. The number of carbonyl (C=O) groups excluding carboxylic acids is 2. The van der Waals surface area contributed by atoms with Crippen LogP contribution < -0.4 is 32.0 Å². The van der Waals surface area contributed by atoms with Gasteiger partial charge in [0.05, 0.1) is 6.61 Å². The Morgan fingerprint density at radius 3 is 2.41 bits per heavy atom. The first-order chi connectivity index (χ1) is 10.1. The van der Waals surface area contributed by atoms with Crippen molar-refractivity contribution in [1.82, 2.24) is 0 Å². The first-order valence-corrected chi connectivity index (χ1v) is 6.65. The van der Waals surface area contributed by atoms with Gasteiger partial charge in [0.25, 0.3) is 5.91 Å². The van der Waals surface area contributed by atoms with Crippen molar-refractivity contribution in [2.45, 2.75) is 13.5 Å². The van der Waals surface area contributed by atoms with Crippen LogP contribution in [0.5, 0.6) is 5.75 Å². The van der Waals surface area contributed by atoms with Gasteiger partial charge in [-0.05, 0) is 37.3 Å². The molecule has 2 rings (SSSR count). The Hall–Kier alpha value is -2.21. The minimum absolute atomic E-state index is 0. The number of hydrogen-bond acceptors (Lipinski definition) is 3. The maximum Gasteiger partial charge on any atom is 0.254 e. The van der Waals surface area contributed by atoms with Crippen molar-refractivity contribution >= 4 is 11.7 Å². The van der Waals surface area contributed by atoms with Gasteiger partial charge in [-0.25, -0.2) is 0 Å². The Bertz CT molecular complexity index is 657. The van der Waals surface area contributed by atoms with Crippen molar-refractivity contribution in [3.8, 4) is 5.75 Å². The van der Waals surface area contributed by atoms with Crippen LogP contribution >= 0.6 is 0 Å². The first kappa shape index (κ1) is 17.8. The molecule has 6 heteroatoms. The summed E-state index contributed by atoms with van der Waals surface area (Å²) in [7, 11) is 0. The molecule has 0 aliphatic rings. The molecule has 0 atom stereocenters. The highest BCUT2D eigenvalue weighted by atomic mass is 79.9. The molecule has 2 N–H and O–H groups in total. The standard InChI is InChI=1S/C16H16N2O3.BrH/c1-2-21-14-7-5-12(6-8-14)15(19)11-18-9-3-4-13(10-18)16(17)20;/h3-10H,2,11H2,1H3,(H-,17,20);1H. The van der Waals surface area contributed by atoms with Gasteiger partial charge in [-0.15, -0.1) is 0 Å². The van der Waals surface area contributed by atoms with Crippen LogP contribution in [0.1, 0.15) is 27.6 Å². The molecule has 0 fully saturated rings. The van der Waals surface area contributed by atoms with E-state index in [1.165, 1.54) is 0 Å². The van der Waals surface area contributed by atoms with Gasteiger partial charge >= 0.3 is 0 Å². The van der Waals surface area contributed by atoms with E-state index in [1.807, 2.05) is 6.92 Å². The van der Waals surface area contributed by atoms with Crippen LogP contribution in [-0.4, -0.2) is 18.3 Å². The summed E-state index contributed by atoms with van der Waals surface area (Å²) in [5.41, 5.74) is 6.18. The minimum atomic E-state index is -0.516. The van der Waals surface area contributed by atoms with E-state index in [9.17, 15) is 9.59 Å². The zero-order valence-electron chi connectivity index (χ0n) is 12.2. The minimum Gasteiger partial charge on any atom is -1.00 e. The predicted molar refractivity (Wildman–Crippen MR) is 77.1 cm³/mol. The summed E-state index contributed by atoms with van der Waals surface area (Å²) in [5, 5.41) is 0. The molecule has 1 amide bonds. The zero-order valence-corrected chi connectivity index (χ0v) is 13.7. The molecule has 1 aromatic carbocycles. The third-order valence-electron chi connectivity index (χ3n) is 2.96. The highest BCUT2D eigenvalue weighted by Crippen LogP contribution is 2.12. The molecule has 2 aromatic rings. The molecule has 22 heavy (non-hydrogen) atoms. The molecular weight excluding hydrogens is 348 g/mol. The molecule has 116 valence electrons. The van der Waals surface area contributed by atoms with Crippen LogP contribution in [0.15, 0.2) is 48.8 Å². The van der Waals surface area contributed by atoms with Crippen molar-refractivity contribution in [3.05, 3.63) is 59.9 Å². The molecule has 0 aliphatic heterocycles. The first-order valence-electron chi connectivity index (χ1n) is 6.65. The number of benzene rings is 1. The van der Waals surface area contributed by atoms with Crippen molar-refractivity contribution in [1.29, 1.82) is 0 Å². The van der Waals surface area contributed by atoms with Crippen LogP contribution in [0.25, 0.3) is 0 Å².